The number of rotatable bonds is 15. The molecule has 1 aliphatic heterocycles. The molecular weight excluding hydrogens is 737 g/mol. The summed E-state index contributed by atoms with van der Waals surface area (Å²) in [5.41, 5.74) is 3.34. The lowest BCUT2D eigenvalue weighted by atomic mass is 9.47. The van der Waals surface area contributed by atoms with Gasteiger partial charge in [0.1, 0.15) is 24.2 Å². The Hall–Kier alpha value is -3.68. The number of fused-ring (bicyclic) bond motifs is 6. The van der Waals surface area contributed by atoms with Crippen molar-refractivity contribution >= 4 is 22.7 Å². The van der Waals surface area contributed by atoms with Crippen LogP contribution in [-0.4, -0.2) is 51.1 Å². The van der Waals surface area contributed by atoms with Gasteiger partial charge in [0.2, 0.25) is 0 Å². The highest BCUT2D eigenvalue weighted by Gasteiger charge is 2.59. The standard InChI is InChI=1S/C52H68O7/c1-34(2)8-7-9-35(3)45-20-21-46-44-19-15-40-30-43(22-24-51(40,5)47(44)23-25-52(45,46)6)59-49(54)39-11-10-38-29-42(18-14-37(38)28-39)58-48(53)36-12-16-41(17-13-36)57-27-26-55-31-50(4)32-56-33-50/h10-18,28-29,34-35,43-47H,7-9,19-27,30-33H2,1-6H3. The molecule has 7 nitrogen and oxygen atoms in total. The molecule has 0 radical (unpaired) electrons. The molecule has 3 aromatic rings. The van der Waals surface area contributed by atoms with Gasteiger partial charge in [-0.3, -0.25) is 0 Å². The monoisotopic (exact) mass is 804 g/mol. The summed E-state index contributed by atoms with van der Waals surface area (Å²) in [6, 6.07) is 18.0. The summed E-state index contributed by atoms with van der Waals surface area (Å²) in [7, 11) is 0. The summed E-state index contributed by atoms with van der Waals surface area (Å²) < 4.78 is 28.7. The number of esters is 2. The molecule has 3 aromatic carbocycles. The molecule has 318 valence electrons. The first kappa shape index (κ1) is 42.0. The second kappa shape index (κ2) is 17.4. The first-order valence-electron chi connectivity index (χ1n) is 22.9. The molecule has 59 heavy (non-hydrogen) atoms. The van der Waals surface area contributed by atoms with Crippen molar-refractivity contribution < 1.29 is 33.3 Å². The summed E-state index contributed by atoms with van der Waals surface area (Å²) in [6.45, 7) is 17.7. The molecule has 1 heterocycles. The Morgan fingerprint density at radius 3 is 2.29 bits per heavy atom. The van der Waals surface area contributed by atoms with Gasteiger partial charge in [-0.2, -0.15) is 0 Å². The Kier molecular flexibility index (Phi) is 12.4. The smallest absolute Gasteiger partial charge is 0.343 e. The predicted octanol–water partition coefficient (Wildman–Crippen LogP) is 12.1. The molecule has 0 spiro atoms. The van der Waals surface area contributed by atoms with E-state index in [1.807, 2.05) is 30.3 Å². The van der Waals surface area contributed by atoms with Crippen LogP contribution in [0.2, 0.25) is 0 Å². The average Bonchev–Trinajstić information content (AvgIpc) is 3.57. The van der Waals surface area contributed by atoms with Gasteiger partial charge >= 0.3 is 11.9 Å². The minimum atomic E-state index is -0.450. The minimum Gasteiger partial charge on any atom is -0.491 e. The van der Waals surface area contributed by atoms with Gasteiger partial charge in [-0.25, -0.2) is 9.59 Å². The van der Waals surface area contributed by atoms with Crippen molar-refractivity contribution in [1.82, 2.24) is 0 Å². The molecule has 8 unspecified atom stereocenters. The Bertz CT molecular complexity index is 2000. The van der Waals surface area contributed by atoms with Gasteiger partial charge in [0, 0.05) is 11.8 Å². The fourth-order valence-corrected chi connectivity index (χ4v) is 12.3. The topological polar surface area (TPSA) is 80.3 Å². The van der Waals surface area contributed by atoms with Crippen LogP contribution in [0, 0.1) is 51.8 Å². The quantitative estimate of drug-likeness (QED) is 0.0655. The van der Waals surface area contributed by atoms with Gasteiger partial charge in [-0.1, -0.05) is 84.6 Å². The lowest BCUT2D eigenvalue weighted by Gasteiger charge is -2.58. The third kappa shape index (κ3) is 8.89. The van der Waals surface area contributed by atoms with Crippen LogP contribution in [0.25, 0.3) is 10.8 Å². The molecule has 3 saturated carbocycles. The van der Waals surface area contributed by atoms with Crippen LogP contribution >= 0.6 is 0 Å². The number of benzene rings is 3. The van der Waals surface area contributed by atoms with E-state index < -0.39 is 5.97 Å². The average molecular weight is 805 g/mol. The molecule has 8 atom stereocenters. The lowest BCUT2D eigenvalue weighted by molar-refractivity contribution is -0.139. The SMILES string of the molecule is CC(C)CCCC(C)C1CCC2C3CC=C4CC(OC(=O)c5ccc6cc(OC(=O)c7ccc(OCCOCC8(C)COC8)cc7)ccc6c5)CCC4(C)C3CCC12C. The van der Waals surface area contributed by atoms with Gasteiger partial charge in [-0.05, 0) is 151 Å². The van der Waals surface area contributed by atoms with Crippen molar-refractivity contribution in [2.45, 2.75) is 118 Å². The second-order valence-corrected chi connectivity index (χ2v) is 20.4. The Labute approximate surface area is 352 Å². The van der Waals surface area contributed by atoms with Crippen molar-refractivity contribution in [1.29, 1.82) is 0 Å². The van der Waals surface area contributed by atoms with Crippen LogP contribution in [0.4, 0.5) is 0 Å². The van der Waals surface area contributed by atoms with Crippen LogP contribution in [-0.2, 0) is 14.2 Å². The van der Waals surface area contributed by atoms with Gasteiger partial charge in [0.25, 0.3) is 0 Å². The number of carbonyl (C=O) groups excluding carboxylic acids is 2. The number of carbonyl (C=O) groups is 2. The fourth-order valence-electron chi connectivity index (χ4n) is 12.3. The largest absolute Gasteiger partial charge is 0.491 e. The molecule has 0 bridgehead atoms. The van der Waals surface area contributed by atoms with E-state index in [-0.39, 0.29) is 22.9 Å². The molecule has 5 aliphatic rings. The number of hydrogen-bond donors (Lipinski definition) is 0. The zero-order chi connectivity index (χ0) is 41.4. The molecule has 0 aromatic heterocycles. The third-order valence-corrected chi connectivity index (χ3v) is 15.7. The maximum atomic E-state index is 13.6. The third-order valence-electron chi connectivity index (χ3n) is 15.7. The van der Waals surface area contributed by atoms with Crippen LogP contribution in [0.15, 0.2) is 72.3 Å². The molecule has 4 aliphatic carbocycles. The summed E-state index contributed by atoms with van der Waals surface area (Å²) in [4.78, 5) is 26.5. The minimum absolute atomic E-state index is 0.0943. The van der Waals surface area contributed by atoms with E-state index in [2.05, 4.69) is 47.6 Å². The zero-order valence-corrected chi connectivity index (χ0v) is 36.6. The van der Waals surface area contributed by atoms with E-state index in [0.717, 1.165) is 78.8 Å². The van der Waals surface area contributed by atoms with Crippen molar-refractivity contribution in [2.75, 3.05) is 33.0 Å². The van der Waals surface area contributed by atoms with E-state index in [4.69, 9.17) is 23.7 Å². The van der Waals surface area contributed by atoms with Gasteiger partial charge in [0.05, 0.1) is 37.6 Å². The zero-order valence-electron chi connectivity index (χ0n) is 36.6. The summed E-state index contributed by atoms with van der Waals surface area (Å²) in [6.07, 6.45) is 16.2. The van der Waals surface area contributed by atoms with Crippen molar-refractivity contribution in [2.24, 2.45) is 51.8 Å². The fraction of sp³-hybridized carbons (Fsp3) is 0.615. The van der Waals surface area contributed by atoms with Crippen molar-refractivity contribution in [3.8, 4) is 11.5 Å². The van der Waals surface area contributed by atoms with Crippen LogP contribution in [0.1, 0.15) is 133 Å². The van der Waals surface area contributed by atoms with Gasteiger partial charge in [0.15, 0.2) is 0 Å². The summed E-state index contributed by atoms with van der Waals surface area (Å²) in [5.74, 6) is 5.27. The molecular formula is C52H68O7. The van der Waals surface area contributed by atoms with Crippen LogP contribution in [0.5, 0.6) is 11.5 Å². The highest BCUT2D eigenvalue weighted by molar-refractivity contribution is 5.96. The highest BCUT2D eigenvalue weighted by Crippen LogP contribution is 2.67. The van der Waals surface area contributed by atoms with E-state index in [1.165, 1.54) is 51.4 Å². The van der Waals surface area contributed by atoms with Gasteiger partial charge < -0.3 is 23.7 Å². The highest BCUT2D eigenvalue weighted by atomic mass is 16.5. The first-order valence-corrected chi connectivity index (χ1v) is 22.9. The Balaban J connectivity index is 0.825. The molecule has 0 N–H and O–H groups in total. The normalized spacial score (nSPS) is 30.0. The lowest BCUT2D eigenvalue weighted by Crippen LogP contribution is -2.51. The van der Waals surface area contributed by atoms with E-state index in [9.17, 15) is 9.59 Å². The van der Waals surface area contributed by atoms with Crippen molar-refractivity contribution in [3.05, 3.63) is 83.4 Å². The molecule has 4 fully saturated rings. The van der Waals surface area contributed by atoms with E-state index in [0.29, 0.717) is 47.9 Å². The molecule has 1 saturated heterocycles. The predicted molar refractivity (Wildman–Crippen MR) is 233 cm³/mol. The Morgan fingerprint density at radius 1 is 0.780 bits per heavy atom. The Morgan fingerprint density at radius 2 is 1.53 bits per heavy atom. The van der Waals surface area contributed by atoms with Crippen LogP contribution in [0.3, 0.4) is 0 Å². The van der Waals surface area contributed by atoms with E-state index >= 15 is 0 Å². The number of allylic oxidation sites excluding steroid dienone is 1. The maximum absolute atomic E-state index is 13.6. The molecule has 0 amide bonds. The van der Waals surface area contributed by atoms with Crippen LogP contribution < -0.4 is 9.47 Å². The molecule has 8 rings (SSSR count). The number of ether oxygens (including phenoxy) is 5. The second-order valence-electron chi connectivity index (χ2n) is 20.4. The first-order chi connectivity index (χ1) is 28.3. The van der Waals surface area contributed by atoms with Crippen molar-refractivity contribution in [3.63, 3.8) is 0 Å². The maximum Gasteiger partial charge on any atom is 0.343 e. The van der Waals surface area contributed by atoms with E-state index in [1.54, 1.807) is 35.9 Å². The van der Waals surface area contributed by atoms with Gasteiger partial charge in [-0.15, -0.1) is 0 Å². The summed E-state index contributed by atoms with van der Waals surface area (Å²) >= 11 is 0. The molecule has 7 heteroatoms. The summed E-state index contributed by atoms with van der Waals surface area (Å²) in [5, 5.41) is 1.77. The number of hydrogen-bond acceptors (Lipinski definition) is 7.